The van der Waals surface area contributed by atoms with E-state index in [2.05, 4.69) is 5.32 Å². The average molecular weight is 291 g/mol. The summed E-state index contributed by atoms with van der Waals surface area (Å²) in [5.74, 6) is -0.307. The highest BCUT2D eigenvalue weighted by molar-refractivity contribution is 6.02. The van der Waals surface area contributed by atoms with Gasteiger partial charge in [-0.3, -0.25) is 24.6 Å². The molecule has 3 rings (SSSR count). The molecule has 0 atom stereocenters. The molecule has 1 saturated carbocycles. The van der Waals surface area contributed by atoms with Crippen LogP contribution in [0, 0.1) is 10.1 Å². The van der Waals surface area contributed by atoms with Crippen molar-refractivity contribution in [1.29, 1.82) is 0 Å². The molecule has 0 radical (unpaired) electrons. The molecule has 0 bridgehead atoms. The summed E-state index contributed by atoms with van der Waals surface area (Å²) in [5, 5.41) is 13.6. The zero-order chi connectivity index (χ0) is 15.0. The topological polar surface area (TPSA) is 102 Å². The standard InChI is InChI=1S/C13H13N3O5/c17-12(14-8-1-2-8)6-15-10-5-9(16(19)20)3-4-11(10)21-7-13(15)18/h3-5,8H,1-2,6-7H2,(H,14,17). The molecule has 1 aromatic rings. The number of amides is 2. The number of anilines is 1. The highest BCUT2D eigenvalue weighted by atomic mass is 16.6. The molecule has 0 unspecified atom stereocenters. The first kappa shape index (κ1) is 13.3. The molecule has 8 heteroatoms. The number of hydrogen-bond acceptors (Lipinski definition) is 5. The van der Waals surface area contributed by atoms with Crippen molar-refractivity contribution >= 4 is 23.2 Å². The summed E-state index contributed by atoms with van der Waals surface area (Å²) in [5.41, 5.74) is 0.103. The maximum absolute atomic E-state index is 11.9. The first-order valence-electron chi connectivity index (χ1n) is 6.55. The van der Waals surface area contributed by atoms with Gasteiger partial charge in [-0.2, -0.15) is 0 Å². The van der Waals surface area contributed by atoms with E-state index in [1.54, 1.807) is 0 Å². The smallest absolute Gasteiger partial charge is 0.271 e. The quantitative estimate of drug-likeness (QED) is 0.646. The molecule has 1 aliphatic heterocycles. The molecule has 0 spiro atoms. The van der Waals surface area contributed by atoms with Crippen molar-refractivity contribution in [3.63, 3.8) is 0 Å². The Morgan fingerprint density at radius 3 is 2.90 bits per heavy atom. The molecule has 1 aliphatic carbocycles. The summed E-state index contributed by atoms with van der Waals surface area (Å²) < 4.78 is 5.23. The average Bonchev–Trinajstić information content (AvgIpc) is 3.25. The van der Waals surface area contributed by atoms with Gasteiger partial charge in [0.25, 0.3) is 11.6 Å². The number of non-ortho nitro benzene ring substituents is 1. The molecule has 1 heterocycles. The summed E-state index contributed by atoms with van der Waals surface area (Å²) in [4.78, 5) is 35.3. The number of ether oxygens (including phenoxy) is 1. The van der Waals surface area contributed by atoms with Gasteiger partial charge in [0, 0.05) is 18.2 Å². The van der Waals surface area contributed by atoms with E-state index >= 15 is 0 Å². The highest BCUT2D eigenvalue weighted by Gasteiger charge is 2.31. The fourth-order valence-corrected chi connectivity index (χ4v) is 2.12. The first-order chi connectivity index (χ1) is 10.0. The van der Waals surface area contributed by atoms with Crippen molar-refractivity contribution in [3.8, 4) is 5.75 Å². The lowest BCUT2D eigenvalue weighted by Crippen LogP contribution is -2.45. The molecule has 21 heavy (non-hydrogen) atoms. The van der Waals surface area contributed by atoms with Crippen molar-refractivity contribution < 1.29 is 19.2 Å². The van der Waals surface area contributed by atoms with E-state index in [0.717, 1.165) is 12.8 Å². The van der Waals surface area contributed by atoms with Crippen LogP contribution in [0.3, 0.4) is 0 Å². The Labute approximate surface area is 119 Å². The SMILES string of the molecule is O=C(CN1C(=O)COc2ccc([N+](=O)[O-])cc21)NC1CC1. The van der Waals surface area contributed by atoms with Gasteiger partial charge in [0.1, 0.15) is 12.3 Å². The minimum atomic E-state index is -0.554. The molecule has 1 aromatic carbocycles. The van der Waals surface area contributed by atoms with E-state index in [1.165, 1.54) is 23.1 Å². The van der Waals surface area contributed by atoms with Crippen LogP contribution in [0.2, 0.25) is 0 Å². The minimum Gasteiger partial charge on any atom is -0.482 e. The Balaban J connectivity index is 1.85. The highest BCUT2D eigenvalue weighted by Crippen LogP contribution is 2.35. The second-order valence-corrected chi connectivity index (χ2v) is 5.02. The third-order valence-electron chi connectivity index (χ3n) is 3.34. The molecule has 1 N–H and O–H groups in total. The Morgan fingerprint density at radius 2 is 2.24 bits per heavy atom. The Morgan fingerprint density at radius 1 is 1.48 bits per heavy atom. The molecule has 2 aliphatic rings. The molecule has 2 amide bonds. The lowest BCUT2D eigenvalue weighted by atomic mass is 10.2. The summed E-state index contributed by atoms with van der Waals surface area (Å²) >= 11 is 0. The van der Waals surface area contributed by atoms with Crippen LogP contribution in [0.5, 0.6) is 5.75 Å². The monoisotopic (exact) mass is 291 g/mol. The van der Waals surface area contributed by atoms with Gasteiger partial charge in [-0.15, -0.1) is 0 Å². The molecule has 1 fully saturated rings. The van der Waals surface area contributed by atoms with Crippen LogP contribution in [0.25, 0.3) is 0 Å². The lowest BCUT2D eigenvalue weighted by Gasteiger charge is -2.28. The van der Waals surface area contributed by atoms with Crippen LogP contribution < -0.4 is 15.0 Å². The van der Waals surface area contributed by atoms with Gasteiger partial charge >= 0.3 is 0 Å². The Hall–Kier alpha value is -2.64. The molecular formula is C13H13N3O5. The van der Waals surface area contributed by atoms with Crippen LogP contribution in [0.4, 0.5) is 11.4 Å². The van der Waals surface area contributed by atoms with E-state index in [1.807, 2.05) is 0 Å². The van der Waals surface area contributed by atoms with Gasteiger partial charge in [0.2, 0.25) is 5.91 Å². The van der Waals surface area contributed by atoms with Gasteiger partial charge in [0.05, 0.1) is 10.6 Å². The van der Waals surface area contributed by atoms with E-state index in [4.69, 9.17) is 4.74 Å². The minimum absolute atomic E-state index is 0.153. The van der Waals surface area contributed by atoms with Crippen LogP contribution in [0.1, 0.15) is 12.8 Å². The summed E-state index contributed by atoms with van der Waals surface area (Å²) in [6, 6.07) is 4.18. The number of hydrogen-bond donors (Lipinski definition) is 1. The summed E-state index contributed by atoms with van der Waals surface area (Å²) in [6.07, 6.45) is 1.90. The van der Waals surface area contributed by atoms with Crippen molar-refractivity contribution in [2.75, 3.05) is 18.1 Å². The van der Waals surface area contributed by atoms with Crippen molar-refractivity contribution in [3.05, 3.63) is 28.3 Å². The summed E-state index contributed by atoms with van der Waals surface area (Å²) in [7, 11) is 0. The van der Waals surface area contributed by atoms with Crippen molar-refractivity contribution in [2.24, 2.45) is 0 Å². The fraction of sp³-hybridized carbons (Fsp3) is 0.385. The van der Waals surface area contributed by atoms with E-state index < -0.39 is 10.8 Å². The second kappa shape index (κ2) is 5.04. The van der Waals surface area contributed by atoms with E-state index in [-0.39, 0.29) is 36.5 Å². The predicted molar refractivity (Wildman–Crippen MR) is 72.1 cm³/mol. The van der Waals surface area contributed by atoms with Crippen molar-refractivity contribution in [2.45, 2.75) is 18.9 Å². The Bertz CT molecular complexity index is 626. The maximum Gasteiger partial charge on any atom is 0.271 e. The number of fused-ring (bicyclic) bond motifs is 1. The number of nitrogens with zero attached hydrogens (tertiary/aromatic N) is 2. The molecular weight excluding hydrogens is 278 g/mol. The fourth-order valence-electron chi connectivity index (χ4n) is 2.12. The van der Waals surface area contributed by atoms with Crippen molar-refractivity contribution in [1.82, 2.24) is 5.32 Å². The van der Waals surface area contributed by atoms with Gasteiger partial charge in [-0.05, 0) is 18.9 Å². The van der Waals surface area contributed by atoms with E-state index in [0.29, 0.717) is 5.75 Å². The normalized spacial score (nSPS) is 17.0. The van der Waals surface area contributed by atoms with Crippen LogP contribution in [0.15, 0.2) is 18.2 Å². The third-order valence-corrected chi connectivity index (χ3v) is 3.34. The predicted octanol–water partition coefficient (Wildman–Crippen LogP) is 0.599. The van der Waals surface area contributed by atoms with Gasteiger partial charge < -0.3 is 10.1 Å². The second-order valence-electron chi connectivity index (χ2n) is 5.02. The largest absolute Gasteiger partial charge is 0.482 e. The number of nitrogens with one attached hydrogen (secondary N) is 1. The van der Waals surface area contributed by atoms with Gasteiger partial charge in [-0.25, -0.2) is 0 Å². The number of rotatable bonds is 4. The van der Waals surface area contributed by atoms with E-state index in [9.17, 15) is 19.7 Å². The number of carbonyl (C=O) groups excluding carboxylic acids is 2. The van der Waals surface area contributed by atoms with Gasteiger partial charge in [0.15, 0.2) is 6.61 Å². The zero-order valence-corrected chi connectivity index (χ0v) is 11.1. The molecule has 0 saturated heterocycles. The number of benzene rings is 1. The number of carbonyl (C=O) groups is 2. The third kappa shape index (κ3) is 2.78. The lowest BCUT2D eigenvalue weighted by molar-refractivity contribution is -0.384. The van der Waals surface area contributed by atoms with Crippen LogP contribution in [-0.2, 0) is 9.59 Å². The van der Waals surface area contributed by atoms with Crippen LogP contribution in [-0.4, -0.2) is 35.9 Å². The summed E-state index contributed by atoms with van der Waals surface area (Å²) in [6.45, 7) is -0.339. The van der Waals surface area contributed by atoms with Crippen LogP contribution >= 0.6 is 0 Å². The maximum atomic E-state index is 11.9. The molecule has 110 valence electrons. The first-order valence-corrected chi connectivity index (χ1v) is 6.55. The zero-order valence-electron chi connectivity index (χ0n) is 11.1. The molecule has 8 nitrogen and oxygen atoms in total. The number of nitro groups is 1. The van der Waals surface area contributed by atoms with Gasteiger partial charge in [-0.1, -0.05) is 0 Å². The number of nitro benzene ring substituents is 1. The molecule has 0 aromatic heterocycles. The Kier molecular flexibility index (Phi) is 3.20.